The van der Waals surface area contributed by atoms with Crippen LogP contribution in [0.5, 0.6) is 0 Å². The number of ether oxygens (including phenoxy) is 2. The second-order valence-electron chi connectivity index (χ2n) is 8.95. The molecule has 7 heteroatoms. The quantitative estimate of drug-likeness (QED) is 0.632. The number of rotatable bonds is 10. The third-order valence-corrected chi connectivity index (χ3v) is 6.72. The lowest BCUT2D eigenvalue weighted by molar-refractivity contribution is 0.0202. The number of amides is 1. The fourth-order valence-electron chi connectivity index (χ4n) is 4.66. The minimum absolute atomic E-state index is 0.0639. The van der Waals surface area contributed by atoms with E-state index in [2.05, 4.69) is 40.7 Å². The van der Waals surface area contributed by atoms with Crippen LogP contribution in [0.1, 0.15) is 41.1 Å². The van der Waals surface area contributed by atoms with Gasteiger partial charge in [0, 0.05) is 57.4 Å². The third kappa shape index (κ3) is 5.34. The van der Waals surface area contributed by atoms with Gasteiger partial charge in [0.15, 0.2) is 0 Å². The molecule has 168 valence electrons. The first-order chi connectivity index (χ1) is 15.1. The Bertz CT molecular complexity index is 846. The van der Waals surface area contributed by atoms with Crippen LogP contribution in [-0.4, -0.2) is 73.7 Å². The van der Waals surface area contributed by atoms with Crippen molar-refractivity contribution >= 4 is 5.91 Å². The van der Waals surface area contributed by atoms with Gasteiger partial charge in [-0.15, -0.1) is 0 Å². The predicted molar refractivity (Wildman–Crippen MR) is 119 cm³/mol. The molecular formula is C24H34N4O3. The summed E-state index contributed by atoms with van der Waals surface area (Å²) < 4.78 is 12.4. The number of piperidine rings is 1. The van der Waals surface area contributed by atoms with E-state index in [4.69, 9.17) is 9.47 Å². The van der Waals surface area contributed by atoms with Gasteiger partial charge < -0.3 is 19.7 Å². The van der Waals surface area contributed by atoms with E-state index in [1.807, 2.05) is 11.1 Å². The van der Waals surface area contributed by atoms with Crippen molar-refractivity contribution in [3.63, 3.8) is 0 Å². The molecule has 2 fully saturated rings. The Balaban J connectivity index is 1.29. The second kappa shape index (κ2) is 9.94. The van der Waals surface area contributed by atoms with E-state index in [0.29, 0.717) is 30.7 Å². The van der Waals surface area contributed by atoms with Crippen molar-refractivity contribution in [3.8, 4) is 0 Å². The first-order valence-corrected chi connectivity index (χ1v) is 11.2. The van der Waals surface area contributed by atoms with E-state index in [-0.39, 0.29) is 11.3 Å². The van der Waals surface area contributed by atoms with Gasteiger partial charge in [-0.1, -0.05) is 30.3 Å². The fourth-order valence-corrected chi connectivity index (χ4v) is 4.66. The van der Waals surface area contributed by atoms with Crippen molar-refractivity contribution in [2.45, 2.75) is 37.8 Å². The molecule has 0 bridgehead atoms. The van der Waals surface area contributed by atoms with Crippen LogP contribution in [0.3, 0.4) is 0 Å². The van der Waals surface area contributed by atoms with Gasteiger partial charge in [0.25, 0.3) is 5.91 Å². The number of hydrogen-bond donors (Lipinski definition) is 1. The van der Waals surface area contributed by atoms with Gasteiger partial charge in [0.05, 0.1) is 31.5 Å². The highest BCUT2D eigenvalue weighted by atomic mass is 16.5. The number of benzene rings is 1. The van der Waals surface area contributed by atoms with Crippen LogP contribution in [-0.2, 0) is 16.0 Å². The molecule has 7 nitrogen and oxygen atoms in total. The Morgan fingerprint density at radius 3 is 2.68 bits per heavy atom. The van der Waals surface area contributed by atoms with Gasteiger partial charge in [-0.3, -0.25) is 9.48 Å². The summed E-state index contributed by atoms with van der Waals surface area (Å²) in [5.41, 5.74) is 2.15. The molecule has 31 heavy (non-hydrogen) atoms. The summed E-state index contributed by atoms with van der Waals surface area (Å²) in [5, 5.41) is 8.07. The maximum Gasteiger partial charge on any atom is 0.257 e. The molecule has 1 amide bonds. The van der Waals surface area contributed by atoms with E-state index in [1.165, 1.54) is 12.0 Å². The minimum Gasteiger partial charge on any atom is -0.384 e. The SMILES string of the molecule is COCCn1cc(C(=O)N2CCC(CN[C@H]3C[C@H]3c3ccccc3)(COC)CC2)cn1. The van der Waals surface area contributed by atoms with E-state index in [9.17, 15) is 4.79 Å². The number of nitrogens with one attached hydrogen (secondary N) is 1. The average Bonchev–Trinajstić information content (AvgIpc) is 3.44. The monoisotopic (exact) mass is 426 g/mol. The summed E-state index contributed by atoms with van der Waals surface area (Å²) in [6, 6.07) is 11.3. The van der Waals surface area contributed by atoms with Crippen LogP contribution in [0.25, 0.3) is 0 Å². The van der Waals surface area contributed by atoms with Gasteiger partial charge in [-0.25, -0.2) is 0 Å². The van der Waals surface area contributed by atoms with Crippen molar-refractivity contribution in [3.05, 3.63) is 53.9 Å². The highest BCUT2D eigenvalue weighted by molar-refractivity contribution is 5.93. The normalized spacial score (nSPS) is 22.5. The third-order valence-electron chi connectivity index (χ3n) is 6.72. The molecule has 0 unspecified atom stereocenters. The van der Waals surface area contributed by atoms with Crippen LogP contribution in [0.2, 0.25) is 0 Å². The van der Waals surface area contributed by atoms with Gasteiger partial charge in [-0.05, 0) is 24.8 Å². The lowest BCUT2D eigenvalue weighted by Crippen LogP contribution is -2.49. The number of carbonyl (C=O) groups excluding carboxylic acids is 1. The number of hydrogen-bond acceptors (Lipinski definition) is 5. The molecule has 1 saturated carbocycles. The minimum atomic E-state index is 0.0639. The summed E-state index contributed by atoms with van der Waals surface area (Å²) in [4.78, 5) is 14.9. The Labute approximate surface area is 184 Å². The molecule has 1 aliphatic heterocycles. The highest BCUT2D eigenvalue weighted by Crippen LogP contribution is 2.42. The molecular weight excluding hydrogens is 392 g/mol. The summed E-state index contributed by atoms with van der Waals surface area (Å²) in [5.74, 6) is 0.686. The molecule has 0 radical (unpaired) electrons. The second-order valence-corrected chi connectivity index (χ2v) is 8.95. The van der Waals surface area contributed by atoms with Crippen LogP contribution >= 0.6 is 0 Å². The van der Waals surface area contributed by atoms with Gasteiger partial charge in [0.1, 0.15) is 0 Å². The Kier molecular flexibility index (Phi) is 7.05. The Morgan fingerprint density at radius 2 is 1.97 bits per heavy atom. The van der Waals surface area contributed by atoms with Crippen molar-refractivity contribution in [1.82, 2.24) is 20.0 Å². The first kappa shape index (κ1) is 22.0. The van der Waals surface area contributed by atoms with Crippen LogP contribution in [0, 0.1) is 5.41 Å². The van der Waals surface area contributed by atoms with E-state index in [1.54, 1.807) is 25.1 Å². The summed E-state index contributed by atoms with van der Waals surface area (Å²) >= 11 is 0. The molecule has 1 N–H and O–H groups in total. The molecule has 2 atom stereocenters. The maximum absolute atomic E-state index is 12.9. The molecule has 0 spiro atoms. The fraction of sp³-hybridized carbons (Fsp3) is 0.583. The maximum atomic E-state index is 12.9. The molecule has 1 aromatic heterocycles. The van der Waals surface area contributed by atoms with E-state index >= 15 is 0 Å². The van der Waals surface area contributed by atoms with E-state index in [0.717, 1.165) is 39.1 Å². The number of nitrogens with zero attached hydrogens (tertiary/aromatic N) is 3. The van der Waals surface area contributed by atoms with Gasteiger partial charge in [-0.2, -0.15) is 5.10 Å². The highest BCUT2D eigenvalue weighted by Gasteiger charge is 2.42. The zero-order valence-corrected chi connectivity index (χ0v) is 18.6. The van der Waals surface area contributed by atoms with Crippen LogP contribution in [0.4, 0.5) is 0 Å². The molecule has 2 heterocycles. The lowest BCUT2D eigenvalue weighted by atomic mass is 9.78. The average molecular weight is 427 g/mol. The van der Waals surface area contributed by atoms with Crippen LogP contribution in [0.15, 0.2) is 42.7 Å². The first-order valence-electron chi connectivity index (χ1n) is 11.2. The molecule has 1 saturated heterocycles. The zero-order valence-electron chi connectivity index (χ0n) is 18.6. The number of carbonyl (C=O) groups is 1. The Morgan fingerprint density at radius 1 is 1.19 bits per heavy atom. The number of likely N-dealkylation sites (tertiary alicyclic amines) is 1. The number of aromatic nitrogens is 2. The topological polar surface area (TPSA) is 68.6 Å². The molecule has 1 aromatic carbocycles. The van der Waals surface area contributed by atoms with Crippen molar-refractivity contribution in [1.29, 1.82) is 0 Å². The van der Waals surface area contributed by atoms with Crippen molar-refractivity contribution in [2.24, 2.45) is 5.41 Å². The smallest absolute Gasteiger partial charge is 0.257 e. The largest absolute Gasteiger partial charge is 0.384 e. The molecule has 4 rings (SSSR count). The predicted octanol–water partition coefficient (Wildman–Crippen LogP) is 2.54. The van der Waals surface area contributed by atoms with Gasteiger partial charge in [0.2, 0.25) is 0 Å². The van der Waals surface area contributed by atoms with Crippen molar-refractivity contribution in [2.75, 3.05) is 47.1 Å². The Hall–Kier alpha value is -2.22. The van der Waals surface area contributed by atoms with Crippen molar-refractivity contribution < 1.29 is 14.3 Å². The molecule has 2 aliphatic rings. The molecule has 1 aliphatic carbocycles. The lowest BCUT2D eigenvalue weighted by Gasteiger charge is -2.41. The van der Waals surface area contributed by atoms with Gasteiger partial charge >= 0.3 is 0 Å². The summed E-state index contributed by atoms with van der Waals surface area (Å²) in [6.07, 6.45) is 6.56. The number of methoxy groups -OCH3 is 2. The molecule has 2 aromatic rings. The summed E-state index contributed by atoms with van der Waals surface area (Å²) in [7, 11) is 3.44. The van der Waals surface area contributed by atoms with Crippen LogP contribution < -0.4 is 5.32 Å². The van der Waals surface area contributed by atoms with E-state index < -0.39 is 0 Å². The zero-order chi connectivity index (χ0) is 21.7. The summed E-state index contributed by atoms with van der Waals surface area (Å²) in [6.45, 7) is 4.39. The standard InChI is InChI=1S/C24H34N4O3/c1-30-13-12-28-16-20(15-26-28)23(29)27-10-8-24(9-11-27,18-31-2)17-25-22-14-21(22)19-6-4-3-5-7-19/h3-7,15-16,21-22,25H,8-14,17-18H2,1-2H3/t21-,22-/m0/s1.